The molecular formula is C7H10BhN3-. The normalized spacial score (nSPS) is 10.6. The molecule has 11 heavy (non-hydrogen) atoms. The molecule has 0 saturated heterocycles. The molecule has 4 heteroatoms. The van der Waals surface area contributed by atoms with Crippen molar-refractivity contribution in [2.75, 3.05) is 0 Å². The van der Waals surface area contributed by atoms with Gasteiger partial charge in [0.2, 0.25) is 0 Å². The molecule has 0 aromatic heterocycles. The fraction of sp³-hybridized carbons (Fsp3) is 0.143. The molecule has 0 unspecified atom stereocenters. The molecule has 3 nitrogen and oxygen atoms in total. The SMILES string of the molecule is [Bh].[CH-]=N/C(C)=C(/N)C(=C)N=C. The molecular weight excluding hydrogens is 396 g/mol. The largest absolute Gasteiger partial charge is 0.462 e. The van der Waals surface area contributed by atoms with Gasteiger partial charge < -0.3 is 10.7 Å². The minimum Gasteiger partial charge on any atom is -0.462 e. The van der Waals surface area contributed by atoms with Gasteiger partial charge in [0.1, 0.15) is 0 Å². The molecule has 0 radical (unpaired) electrons. The van der Waals surface area contributed by atoms with E-state index in [0.717, 1.165) is 0 Å². The maximum Gasteiger partial charge on any atom is 0.0612 e. The van der Waals surface area contributed by atoms with Crippen LogP contribution >= 0.6 is 0 Å². The second-order valence-corrected chi connectivity index (χ2v) is 1.73. The van der Waals surface area contributed by atoms with Gasteiger partial charge in [-0.05, 0) is 12.4 Å². The fourth-order valence-electron chi connectivity index (χ4n) is 0.364. The van der Waals surface area contributed by atoms with E-state index in [2.05, 4.69) is 23.3 Å². The number of nitrogens with two attached hydrogens (primary N) is 1. The second kappa shape index (κ2) is 4.49. The Balaban J connectivity index is 0. The number of rotatable bonds is 3. The first-order chi connectivity index (χ1) is 4.63. The Morgan fingerprint density at radius 2 is 2.00 bits per heavy atom. The van der Waals surface area contributed by atoms with Crippen LogP contribution in [0.1, 0.15) is 6.92 Å². The van der Waals surface area contributed by atoms with Gasteiger partial charge in [0.05, 0.1) is 5.70 Å². The first-order valence-electron chi connectivity index (χ1n) is 2.66. The first kappa shape index (κ1) is 11.4. The van der Waals surface area contributed by atoms with Crippen molar-refractivity contribution in [3.63, 3.8) is 0 Å². The van der Waals surface area contributed by atoms with E-state index in [9.17, 15) is 0 Å². The van der Waals surface area contributed by atoms with E-state index in [0.29, 0.717) is 17.1 Å². The van der Waals surface area contributed by atoms with Crippen molar-refractivity contribution >= 4 is 13.4 Å². The number of hydrogen-bond acceptors (Lipinski definition) is 3. The van der Waals surface area contributed by atoms with Crippen molar-refractivity contribution in [1.29, 1.82) is 0 Å². The van der Waals surface area contributed by atoms with Crippen LogP contribution in [0.5, 0.6) is 0 Å². The van der Waals surface area contributed by atoms with E-state index in [1.54, 1.807) is 6.92 Å². The maximum absolute atomic E-state index is 5.45. The quantitative estimate of drug-likeness (QED) is 0.424. The van der Waals surface area contributed by atoms with Crippen molar-refractivity contribution in [3.8, 4) is 0 Å². The molecule has 2 N–H and O–H groups in total. The van der Waals surface area contributed by atoms with Crippen LogP contribution in [0.2, 0.25) is 0 Å². The molecule has 0 heterocycles. The van der Waals surface area contributed by atoms with Crippen LogP contribution in [-0.4, -0.2) is 13.4 Å². The summed E-state index contributed by atoms with van der Waals surface area (Å²) >= 11 is 0. The standard InChI is InChI=1S/C7H10N3.Bh/c1-5(9-3)7(8)6(2)10-4;/h4H,1,3,8H2,2H3;/q-1;/b7-6+;. The van der Waals surface area contributed by atoms with Crippen molar-refractivity contribution in [2.45, 2.75) is 6.92 Å². The van der Waals surface area contributed by atoms with Gasteiger partial charge in [-0.3, -0.25) is 4.99 Å². The zero-order valence-corrected chi connectivity index (χ0v) is 13.2. The zero-order valence-electron chi connectivity index (χ0n) is 6.67. The minimum atomic E-state index is 0. The van der Waals surface area contributed by atoms with E-state index >= 15 is 0 Å². The van der Waals surface area contributed by atoms with Crippen LogP contribution < -0.4 is 5.73 Å². The molecule has 0 atom stereocenters. The Morgan fingerprint density at radius 1 is 1.55 bits per heavy atom. The topological polar surface area (TPSA) is 50.7 Å². The zero-order chi connectivity index (χ0) is 8.15. The van der Waals surface area contributed by atoms with Crippen LogP contribution in [0.25, 0.3) is 0 Å². The summed E-state index contributed by atoms with van der Waals surface area (Å²) in [6.45, 7) is 13.4. The Labute approximate surface area is 60.7 Å². The van der Waals surface area contributed by atoms with Crippen molar-refractivity contribution in [3.05, 3.63) is 23.7 Å². The minimum absolute atomic E-state index is 0. The van der Waals surface area contributed by atoms with Crippen LogP contribution in [0.4, 0.5) is 0 Å². The van der Waals surface area contributed by atoms with Gasteiger partial charge in [0.25, 0.3) is 0 Å². The third kappa shape index (κ3) is 2.60. The molecule has 0 saturated carbocycles. The van der Waals surface area contributed by atoms with Gasteiger partial charge >= 0.3 is 0 Å². The van der Waals surface area contributed by atoms with E-state index in [-0.39, 0.29) is 0 Å². The summed E-state index contributed by atoms with van der Waals surface area (Å²) in [5.74, 6) is 0. The number of allylic oxidation sites excluding steroid dienone is 1. The predicted octanol–water partition coefficient (Wildman–Crippen LogP) is 0.969. The Hall–Kier alpha value is -2.38. The number of hydrogen-bond donors (Lipinski definition) is 1. The summed E-state index contributed by atoms with van der Waals surface area (Å²) in [7, 11) is 0. The average Bonchev–Trinajstić information content (AvgIpc) is 2.00. The van der Waals surface area contributed by atoms with E-state index in [1.165, 1.54) is 0 Å². The maximum atomic E-state index is 5.45. The number of aliphatic imine (C=N–C) groups is 2. The van der Waals surface area contributed by atoms with Crippen LogP contribution in [-0.2, 0) is 0 Å². The van der Waals surface area contributed by atoms with Crippen LogP contribution in [0.3, 0.4) is 0 Å². The van der Waals surface area contributed by atoms with Gasteiger partial charge in [-0.15, -0.1) is 0 Å². The Morgan fingerprint density at radius 3 is 2.27 bits per heavy atom. The molecule has 0 bridgehead atoms. The molecule has 0 aromatic carbocycles. The average molecular weight is 406 g/mol. The van der Waals surface area contributed by atoms with Crippen LogP contribution in [0, 0.1) is 0 Å². The summed E-state index contributed by atoms with van der Waals surface area (Å²) in [5.41, 5.74) is 6.73. The molecule has 0 amide bonds. The Bertz CT molecular complexity index is 206. The van der Waals surface area contributed by atoms with E-state index in [4.69, 9.17) is 12.5 Å². The Kier molecular flexibility index (Phi) is 4.67. The monoisotopic (exact) mass is 406 g/mol. The summed E-state index contributed by atoms with van der Waals surface area (Å²) in [6.07, 6.45) is 0. The summed E-state index contributed by atoms with van der Waals surface area (Å²) in [6, 6.07) is 0. The molecule has 0 spiro atoms. The van der Waals surface area contributed by atoms with Crippen molar-refractivity contribution in [1.82, 2.24) is 0 Å². The summed E-state index contributed by atoms with van der Waals surface area (Å²) in [4.78, 5) is 6.88. The summed E-state index contributed by atoms with van der Waals surface area (Å²) in [5, 5.41) is 0. The molecule has 0 aliphatic heterocycles. The second-order valence-electron chi connectivity index (χ2n) is 1.73. The van der Waals surface area contributed by atoms with Crippen molar-refractivity contribution in [2.24, 2.45) is 15.7 Å². The van der Waals surface area contributed by atoms with E-state index in [1.807, 2.05) is 0 Å². The molecule has 0 aromatic rings. The van der Waals surface area contributed by atoms with Gasteiger partial charge in [0, 0.05) is 0 Å². The molecule has 0 fully saturated rings. The fourth-order valence-corrected chi connectivity index (χ4v) is 0.364. The van der Waals surface area contributed by atoms with Gasteiger partial charge in [-0.2, -0.15) is 6.72 Å². The molecule has 0 aliphatic rings. The summed E-state index contributed by atoms with van der Waals surface area (Å²) < 4.78 is 0. The van der Waals surface area contributed by atoms with Crippen LogP contribution in [0.15, 0.2) is 33.7 Å². The molecule has 0 aliphatic carbocycles. The van der Waals surface area contributed by atoms with E-state index < -0.39 is 0 Å². The molecule has 56 valence electrons. The first-order valence-corrected chi connectivity index (χ1v) is 2.66. The van der Waals surface area contributed by atoms with Crippen molar-refractivity contribution < 1.29 is 0 Å². The van der Waals surface area contributed by atoms with Gasteiger partial charge in [-0.25, -0.2) is 0 Å². The number of nitrogens with zero attached hydrogens (tertiary/aromatic N) is 2. The molecule has 0 rings (SSSR count). The predicted molar refractivity (Wildman–Crippen MR) is 44.1 cm³/mol. The van der Waals surface area contributed by atoms with Gasteiger partial charge in [-0.1, -0.05) is 19.2 Å². The third-order valence-electron chi connectivity index (χ3n) is 1.09. The smallest absolute Gasteiger partial charge is 0.0612 e. The third-order valence-corrected chi connectivity index (χ3v) is 1.09. The van der Waals surface area contributed by atoms with Gasteiger partial charge in [0.15, 0.2) is 0 Å².